The minimum atomic E-state index is -4.03. The van der Waals surface area contributed by atoms with Crippen LogP contribution in [-0.4, -0.2) is 75.9 Å². The van der Waals surface area contributed by atoms with E-state index < -0.39 is 49.8 Å². The third-order valence-corrected chi connectivity index (χ3v) is 11.3. The number of nitrogens with one attached hydrogen (secondary N) is 1. The molecule has 14 heteroatoms. The van der Waals surface area contributed by atoms with Crippen LogP contribution in [-0.2, 0) is 20.0 Å². The number of likely N-dealkylation sites (N-methyl/N-ethyl adjacent to an activating group) is 1. The van der Waals surface area contributed by atoms with E-state index in [1.54, 1.807) is 25.3 Å². The zero-order chi connectivity index (χ0) is 29.2. The summed E-state index contributed by atoms with van der Waals surface area (Å²) in [5.41, 5.74) is 0.0756. The number of benzene rings is 2. The Morgan fingerprint density at radius 3 is 2.48 bits per heavy atom. The number of amides is 1. The number of aliphatic hydroxyl groups is 1. The van der Waals surface area contributed by atoms with Crippen molar-refractivity contribution in [2.24, 2.45) is 5.92 Å². The molecule has 2 heterocycles. The van der Waals surface area contributed by atoms with E-state index in [2.05, 4.69) is 4.72 Å². The minimum absolute atomic E-state index is 0.0130. The fourth-order valence-electron chi connectivity index (χ4n) is 4.29. The number of hydrogen-bond acceptors (Lipinski definition) is 8. The molecule has 0 bridgehead atoms. The quantitative estimate of drug-likeness (QED) is 0.380. The summed E-state index contributed by atoms with van der Waals surface area (Å²) in [6.07, 6.45) is -0.840. The molecule has 0 fully saturated rings. The lowest BCUT2D eigenvalue weighted by Gasteiger charge is -2.38. The molecule has 2 N–H and O–H groups in total. The average molecular weight is 612 g/mol. The SMILES string of the molecule is C[C@H](CO)N1C[C@H](C)[C@H](CN(C)S(=O)(=O)c2ccc(F)cc2)Oc2c(NS(=O)(=O)c3cccs3)cccc2C1=O. The van der Waals surface area contributed by atoms with Crippen LogP contribution in [0.4, 0.5) is 10.1 Å². The Morgan fingerprint density at radius 2 is 1.85 bits per heavy atom. The lowest BCUT2D eigenvalue weighted by molar-refractivity contribution is 0.0389. The van der Waals surface area contributed by atoms with Crippen LogP contribution in [0.1, 0.15) is 24.2 Å². The maximum atomic E-state index is 13.6. The van der Waals surface area contributed by atoms with Crippen LogP contribution in [0.2, 0.25) is 0 Å². The second kappa shape index (κ2) is 11.8. The van der Waals surface area contributed by atoms with Crippen LogP contribution in [0.25, 0.3) is 0 Å². The number of rotatable bonds is 9. The summed E-state index contributed by atoms with van der Waals surface area (Å²) in [5, 5.41) is 11.5. The highest BCUT2D eigenvalue weighted by atomic mass is 32.2. The molecule has 0 saturated carbocycles. The van der Waals surface area contributed by atoms with Gasteiger partial charge in [-0.15, -0.1) is 11.3 Å². The van der Waals surface area contributed by atoms with Crippen molar-refractivity contribution in [3.63, 3.8) is 0 Å². The molecule has 10 nitrogen and oxygen atoms in total. The number of carbonyl (C=O) groups is 1. The summed E-state index contributed by atoms with van der Waals surface area (Å²) in [5.74, 6) is -1.53. The van der Waals surface area contributed by atoms with E-state index in [-0.39, 0.29) is 45.8 Å². The molecule has 1 aliphatic heterocycles. The Balaban J connectivity index is 1.75. The first-order valence-corrected chi connectivity index (χ1v) is 16.1. The van der Waals surface area contributed by atoms with Crippen molar-refractivity contribution in [1.29, 1.82) is 0 Å². The molecule has 1 aromatic heterocycles. The third-order valence-electron chi connectivity index (χ3n) is 6.65. The van der Waals surface area contributed by atoms with Gasteiger partial charge in [-0.1, -0.05) is 19.1 Å². The molecule has 3 aromatic rings. The van der Waals surface area contributed by atoms with Gasteiger partial charge in [0.25, 0.3) is 15.9 Å². The van der Waals surface area contributed by atoms with Gasteiger partial charge in [0.15, 0.2) is 5.75 Å². The predicted molar refractivity (Wildman–Crippen MR) is 149 cm³/mol. The van der Waals surface area contributed by atoms with Crippen LogP contribution < -0.4 is 9.46 Å². The number of halogens is 1. The number of thiophene rings is 1. The van der Waals surface area contributed by atoms with E-state index in [9.17, 15) is 31.1 Å². The first kappa shape index (κ1) is 29.9. The molecule has 3 atom stereocenters. The largest absolute Gasteiger partial charge is 0.486 e. The van der Waals surface area contributed by atoms with Gasteiger partial charge in [0, 0.05) is 19.5 Å². The number of ether oxygens (including phenoxy) is 1. The maximum Gasteiger partial charge on any atom is 0.271 e. The van der Waals surface area contributed by atoms with E-state index in [4.69, 9.17) is 4.74 Å². The standard InChI is InChI=1S/C26H30FN3O7S3/c1-17-14-30(18(2)16-31)26(32)21-6-4-7-22(28-39(33,34)24-8-5-13-38-24)25(21)37-23(17)15-29(3)40(35,36)20-11-9-19(27)10-12-20/h4-13,17-18,23,28,31H,14-16H2,1-3H3/t17-,18+,23-/m0/s1. The molecule has 0 saturated heterocycles. The highest BCUT2D eigenvalue weighted by molar-refractivity contribution is 7.94. The minimum Gasteiger partial charge on any atom is -0.486 e. The zero-order valence-electron chi connectivity index (χ0n) is 22.0. The van der Waals surface area contributed by atoms with Crippen LogP contribution in [0.5, 0.6) is 5.75 Å². The molecule has 4 rings (SSSR count). The van der Waals surface area contributed by atoms with Crippen molar-refractivity contribution in [2.75, 3.05) is 31.5 Å². The first-order valence-electron chi connectivity index (χ1n) is 12.3. The Labute approximate surface area is 237 Å². The molecule has 40 heavy (non-hydrogen) atoms. The van der Waals surface area contributed by atoms with Gasteiger partial charge in [0.2, 0.25) is 10.0 Å². The highest BCUT2D eigenvalue weighted by Crippen LogP contribution is 2.36. The van der Waals surface area contributed by atoms with Gasteiger partial charge >= 0.3 is 0 Å². The fraction of sp³-hybridized carbons (Fsp3) is 0.346. The number of nitrogens with zero attached hydrogens (tertiary/aromatic N) is 2. The van der Waals surface area contributed by atoms with Crippen molar-refractivity contribution in [1.82, 2.24) is 9.21 Å². The molecule has 1 aliphatic rings. The van der Waals surface area contributed by atoms with Crippen LogP contribution >= 0.6 is 11.3 Å². The molecule has 2 aromatic carbocycles. The fourth-order valence-corrected chi connectivity index (χ4v) is 7.53. The van der Waals surface area contributed by atoms with Gasteiger partial charge in [0.1, 0.15) is 16.1 Å². The maximum absolute atomic E-state index is 13.6. The van der Waals surface area contributed by atoms with E-state index in [0.29, 0.717) is 0 Å². The van der Waals surface area contributed by atoms with Crippen LogP contribution in [0.15, 0.2) is 69.1 Å². The topological polar surface area (TPSA) is 133 Å². The summed E-state index contributed by atoms with van der Waals surface area (Å²) in [6, 6.07) is 11.4. The van der Waals surface area contributed by atoms with E-state index in [1.807, 2.05) is 0 Å². The Kier molecular flexibility index (Phi) is 8.85. The van der Waals surface area contributed by atoms with Crippen LogP contribution in [0, 0.1) is 11.7 Å². The van der Waals surface area contributed by atoms with Crippen molar-refractivity contribution in [2.45, 2.75) is 35.1 Å². The Hall–Kier alpha value is -3.04. The van der Waals surface area contributed by atoms with Crippen LogP contribution in [0.3, 0.4) is 0 Å². The van der Waals surface area contributed by atoms with Gasteiger partial charge < -0.3 is 14.7 Å². The van der Waals surface area contributed by atoms with Gasteiger partial charge in [-0.2, -0.15) is 4.31 Å². The molecule has 0 unspecified atom stereocenters. The van der Waals surface area contributed by atoms with E-state index >= 15 is 0 Å². The Bertz CT molecular complexity index is 1560. The molecule has 0 radical (unpaired) electrons. The van der Waals surface area contributed by atoms with Crippen molar-refractivity contribution < 1.29 is 35.9 Å². The van der Waals surface area contributed by atoms with Gasteiger partial charge in [-0.3, -0.25) is 9.52 Å². The van der Waals surface area contributed by atoms with Crippen molar-refractivity contribution in [3.8, 4) is 5.75 Å². The van der Waals surface area contributed by atoms with Crippen molar-refractivity contribution in [3.05, 3.63) is 71.4 Å². The Morgan fingerprint density at radius 1 is 1.15 bits per heavy atom. The normalized spacial score (nSPS) is 18.9. The second-order valence-electron chi connectivity index (χ2n) is 9.58. The molecule has 0 aliphatic carbocycles. The summed E-state index contributed by atoms with van der Waals surface area (Å²) < 4.78 is 75.9. The van der Waals surface area contributed by atoms with Gasteiger partial charge in [-0.05, 0) is 54.8 Å². The first-order chi connectivity index (χ1) is 18.8. The second-order valence-corrected chi connectivity index (χ2v) is 14.5. The number of fused-ring (bicyclic) bond motifs is 1. The van der Waals surface area contributed by atoms with Crippen molar-refractivity contribution >= 4 is 43.0 Å². The molecule has 1 amide bonds. The smallest absolute Gasteiger partial charge is 0.271 e. The van der Waals surface area contributed by atoms with Gasteiger partial charge in [0.05, 0.1) is 35.3 Å². The number of aliphatic hydroxyl groups excluding tert-OH is 1. The summed E-state index contributed by atoms with van der Waals surface area (Å²) in [7, 11) is -6.68. The highest BCUT2D eigenvalue weighted by Gasteiger charge is 2.36. The number of hydrogen-bond donors (Lipinski definition) is 2. The molecular formula is C26H30FN3O7S3. The number of anilines is 1. The summed E-state index contributed by atoms with van der Waals surface area (Å²) in [4.78, 5) is 15.0. The summed E-state index contributed by atoms with van der Waals surface area (Å²) >= 11 is 1.02. The lowest BCUT2D eigenvalue weighted by atomic mass is 9.99. The zero-order valence-corrected chi connectivity index (χ0v) is 24.5. The lowest BCUT2D eigenvalue weighted by Crippen LogP contribution is -2.50. The third kappa shape index (κ3) is 6.15. The van der Waals surface area contributed by atoms with Gasteiger partial charge in [-0.25, -0.2) is 21.2 Å². The van der Waals surface area contributed by atoms with E-state index in [1.165, 1.54) is 48.3 Å². The molecular weight excluding hydrogens is 581 g/mol. The number of carbonyl (C=O) groups excluding carboxylic acids is 1. The number of para-hydroxylation sites is 1. The monoisotopic (exact) mass is 611 g/mol. The molecule has 0 spiro atoms. The predicted octanol–water partition coefficient (Wildman–Crippen LogP) is 3.23. The number of sulfonamides is 2. The molecule has 216 valence electrons. The van der Waals surface area contributed by atoms with E-state index in [0.717, 1.165) is 27.8 Å². The average Bonchev–Trinajstić information content (AvgIpc) is 3.47. The summed E-state index contributed by atoms with van der Waals surface area (Å²) in [6.45, 7) is 3.11.